The van der Waals surface area contributed by atoms with E-state index in [0.29, 0.717) is 16.7 Å². The van der Waals surface area contributed by atoms with E-state index in [9.17, 15) is 0 Å². The standard InChI is InChI=1S/C14H16ClN3O/c1-19-14-6-11(2-3-12(14)15)18-9-17-8-13(18)10-4-5-16-7-10/h2-3,6,8-10,16H,4-5,7H2,1H3. The number of ether oxygens (including phenoxy) is 1. The number of nitrogens with zero attached hydrogens (tertiary/aromatic N) is 2. The molecule has 1 atom stereocenters. The molecule has 1 N–H and O–H groups in total. The molecule has 0 aliphatic carbocycles. The molecule has 0 radical (unpaired) electrons. The van der Waals surface area contributed by atoms with Crippen molar-refractivity contribution in [3.05, 3.63) is 41.4 Å². The lowest BCUT2D eigenvalue weighted by atomic mass is 10.1. The minimum Gasteiger partial charge on any atom is -0.495 e. The van der Waals surface area contributed by atoms with Crippen LogP contribution in [0.4, 0.5) is 0 Å². The van der Waals surface area contributed by atoms with E-state index in [4.69, 9.17) is 16.3 Å². The van der Waals surface area contributed by atoms with Crippen molar-refractivity contribution in [2.45, 2.75) is 12.3 Å². The first kappa shape index (κ1) is 12.5. The second-order valence-corrected chi connectivity index (χ2v) is 5.10. The van der Waals surface area contributed by atoms with Gasteiger partial charge >= 0.3 is 0 Å². The van der Waals surface area contributed by atoms with E-state index in [1.165, 1.54) is 5.69 Å². The summed E-state index contributed by atoms with van der Waals surface area (Å²) >= 11 is 6.06. The first-order valence-electron chi connectivity index (χ1n) is 6.36. The fourth-order valence-corrected chi connectivity index (χ4v) is 2.72. The van der Waals surface area contributed by atoms with Crippen LogP contribution in [0, 0.1) is 0 Å². The summed E-state index contributed by atoms with van der Waals surface area (Å²) in [5.41, 5.74) is 2.26. The highest BCUT2D eigenvalue weighted by molar-refractivity contribution is 6.32. The molecule has 0 saturated carbocycles. The fraction of sp³-hybridized carbons (Fsp3) is 0.357. The maximum absolute atomic E-state index is 6.06. The Hall–Kier alpha value is -1.52. The van der Waals surface area contributed by atoms with E-state index < -0.39 is 0 Å². The van der Waals surface area contributed by atoms with Crippen LogP contribution in [0.3, 0.4) is 0 Å². The van der Waals surface area contributed by atoms with Crippen LogP contribution in [0.1, 0.15) is 18.0 Å². The Bertz CT molecular complexity index is 576. The number of hydrogen-bond donors (Lipinski definition) is 1. The third-order valence-electron chi connectivity index (χ3n) is 3.56. The average molecular weight is 278 g/mol. The lowest BCUT2D eigenvalue weighted by Gasteiger charge is -2.14. The third kappa shape index (κ3) is 2.33. The van der Waals surface area contributed by atoms with Gasteiger partial charge in [-0.05, 0) is 25.1 Å². The van der Waals surface area contributed by atoms with Gasteiger partial charge < -0.3 is 14.6 Å². The fourth-order valence-electron chi connectivity index (χ4n) is 2.53. The Morgan fingerprint density at radius 2 is 2.37 bits per heavy atom. The van der Waals surface area contributed by atoms with Gasteiger partial charge in [0.1, 0.15) is 5.75 Å². The molecule has 1 aliphatic rings. The number of imidazole rings is 1. The number of nitrogens with one attached hydrogen (secondary N) is 1. The highest BCUT2D eigenvalue weighted by atomic mass is 35.5. The van der Waals surface area contributed by atoms with Gasteiger partial charge in [0.2, 0.25) is 0 Å². The van der Waals surface area contributed by atoms with Crippen molar-refractivity contribution in [1.82, 2.24) is 14.9 Å². The Labute approximate surface area is 117 Å². The van der Waals surface area contributed by atoms with Crippen LogP contribution in [0.15, 0.2) is 30.7 Å². The van der Waals surface area contributed by atoms with Gasteiger partial charge in [-0.2, -0.15) is 0 Å². The van der Waals surface area contributed by atoms with Gasteiger partial charge in [0.25, 0.3) is 0 Å². The van der Waals surface area contributed by atoms with Crippen LogP contribution in [-0.2, 0) is 0 Å². The maximum Gasteiger partial charge on any atom is 0.139 e. The summed E-state index contributed by atoms with van der Waals surface area (Å²) in [6, 6.07) is 5.78. The molecule has 0 spiro atoms. The molecule has 1 aromatic heterocycles. The minimum absolute atomic E-state index is 0.518. The second kappa shape index (κ2) is 5.23. The highest BCUT2D eigenvalue weighted by Gasteiger charge is 2.20. The number of benzene rings is 1. The normalized spacial score (nSPS) is 18.7. The molecule has 1 saturated heterocycles. The smallest absolute Gasteiger partial charge is 0.139 e. The first-order chi connectivity index (χ1) is 9.29. The predicted octanol–water partition coefficient (Wildman–Crippen LogP) is 2.61. The van der Waals surface area contributed by atoms with Crippen molar-refractivity contribution < 1.29 is 4.74 Å². The van der Waals surface area contributed by atoms with Crippen molar-refractivity contribution in [3.63, 3.8) is 0 Å². The molecule has 3 rings (SSSR count). The van der Waals surface area contributed by atoms with Crippen LogP contribution in [0.5, 0.6) is 5.75 Å². The quantitative estimate of drug-likeness (QED) is 0.937. The van der Waals surface area contributed by atoms with Crippen LogP contribution in [0.2, 0.25) is 5.02 Å². The van der Waals surface area contributed by atoms with Crippen molar-refractivity contribution in [2.24, 2.45) is 0 Å². The monoisotopic (exact) mass is 277 g/mol. The zero-order valence-corrected chi connectivity index (χ0v) is 11.5. The number of hydrogen-bond acceptors (Lipinski definition) is 3. The molecule has 0 amide bonds. The molecular weight excluding hydrogens is 262 g/mol. The van der Waals surface area contributed by atoms with Gasteiger partial charge in [-0.15, -0.1) is 0 Å². The predicted molar refractivity (Wildman–Crippen MR) is 75.4 cm³/mol. The topological polar surface area (TPSA) is 39.1 Å². The van der Waals surface area contributed by atoms with E-state index in [1.54, 1.807) is 7.11 Å². The Balaban J connectivity index is 2.00. The van der Waals surface area contributed by atoms with E-state index >= 15 is 0 Å². The van der Waals surface area contributed by atoms with E-state index in [2.05, 4.69) is 14.9 Å². The average Bonchev–Trinajstić information content (AvgIpc) is 3.09. The largest absolute Gasteiger partial charge is 0.495 e. The Morgan fingerprint density at radius 1 is 1.47 bits per heavy atom. The van der Waals surface area contributed by atoms with Crippen LogP contribution < -0.4 is 10.1 Å². The molecule has 19 heavy (non-hydrogen) atoms. The molecule has 1 fully saturated rings. The van der Waals surface area contributed by atoms with Crippen molar-refractivity contribution >= 4 is 11.6 Å². The van der Waals surface area contributed by atoms with E-state index in [0.717, 1.165) is 25.2 Å². The zero-order valence-electron chi connectivity index (χ0n) is 10.8. The molecule has 1 aliphatic heterocycles. The third-order valence-corrected chi connectivity index (χ3v) is 3.87. The van der Waals surface area contributed by atoms with E-state index in [-0.39, 0.29) is 0 Å². The van der Waals surface area contributed by atoms with Gasteiger partial charge in [-0.25, -0.2) is 4.98 Å². The van der Waals surface area contributed by atoms with Gasteiger partial charge in [0.05, 0.1) is 24.1 Å². The molecule has 1 aromatic carbocycles. The molecule has 100 valence electrons. The molecular formula is C14H16ClN3O. The molecule has 2 aromatic rings. The van der Waals surface area contributed by atoms with Crippen molar-refractivity contribution in [2.75, 3.05) is 20.2 Å². The number of halogens is 1. The van der Waals surface area contributed by atoms with Crippen LogP contribution in [-0.4, -0.2) is 29.8 Å². The SMILES string of the molecule is COc1cc(-n2cncc2C2CCNC2)ccc1Cl. The maximum atomic E-state index is 6.06. The highest BCUT2D eigenvalue weighted by Crippen LogP contribution is 2.29. The second-order valence-electron chi connectivity index (χ2n) is 4.70. The van der Waals surface area contributed by atoms with Gasteiger partial charge in [0, 0.05) is 30.4 Å². The summed E-state index contributed by atoms with van der Waals surface area (Å²) in [5.74, 6) is 1.20. The molecule has 0 bridgehead atoms. The van der Waals surface area contributed by atoms with Gasteiger partial charge in [0.15, 0.2) is 0 Å². The summed E-state index contributed by atoms with van der Waals surface area (Å²) in [6.45, 7) is 2.08. The number of aromatic nitrogens is 2. The van der Waals surface area contributed by atoms with E-state index in [1.807, 2.05) is 30.7 Å². The molecule has 1 unspecified atom stereocenters. The molecule has 2 heterocycles. The minimum atomic E-state index is 0.518. The Kier molecular flexibility index (Phi) is 3.44. The van der Waals surface area contributed by atoms with Crippen molar-refractivity contribution in [1.29, 1.82) is 0 Å². The van der Waals surface area contributed by atoms with Crippen LogP contribution in [0.25, 0.3) is 5.69 Å². The first-order valence-corrected chi connectivity index (χ1v) is 6.74. The van der Waals surface area contributed by atoms with Crippen molar-refractivity contribution in [3.8, 4) is 11.4 Å². The lowest BCUT2D eigenvalue weighted by Crippen LogP contribution is -2.10. The summed E-state index contributed by atoms with van der Waals surface area (Å²) in [7, 11) is 1.63. The number of methoxy groups -OCH3 is 1. The van der Waals surface area contributed by atoms with Crippen LogP contribution >= 0.6 is 11.6 Å². The van der Waals surface area contributed by atoms with Gasteiger partial charge in [-0.3, -0.25) is 0 Å². The molecule has 5 heteroatoms. The summed E-state index contributed by atoms with van der Waals surface area (Å²) in [5, 5.41) is 4.00. The summed E-state index contributed by atoms with van der Waals surface area (Å²) < 4.78 is 7.38. The zero-order chi connectivity index (χ0) is 13.2. The van der Waals surface area contributed by atoms with Gasteiger partial charge in [-0.1, -0.05) is 11.6 Å². The number of rotatable bonds is 3. The summed E-state index contributed by atoms with van der Waals surface area (Å²) in [4.78, 5) is 4.28. The lowest BCUT2D eigenvalue weighted by molar-refractivity contribution is 0.415. The summed E-state index contributed by atoms with van der Waals surface area (Å²) in [6.07, 6.45) is 4.94. The molecule has 4 nitrogen and oxygen atoms in total. The Morgan fingerprint density at radius 3 is 3.11 bits per heavy atom.